The lowest BCUT2D eigenvalue weighted by molar-refractivity contribution is -0.144. The molecule has 16 heavy (non-hydrogen) atoms. The van der Waals surface area contributed by atoms with E-state index in [1.54, 1.807) is 18.2 Å². The number of nitrogens with one attached hydrogen (secondary N) is 1. The largest absolute Gasteiger partial charge is 0.479 e. The number of aliphatic carboxylic acids is 1. The van der Waals surface area contributed by atoms with Gasteiger partial charge in [-0.3, -0.25) is 9.63 Å². The molecule has 0 aliphatic carbocycles. The maximum absolute atomic E-state index is 11.5. The molecule has 6 heteroatoms. The molecule has 86 valence electrons. The smallest absolute Gasteiger partial charge is 0.332 e. The minimum absolute atomic E-state index is 0.255. The molecule has 0 atom stereocenters. The molecule has 1 rings (SSSR count). The van der Waals surface area contributed by atoms with Crippen LogP contribution in [0, 0.1) is 6.92 Å². The quantitative estimate of drug-likeness (QED) is 0.505. The molecule has 0 saturated carbocycles. The molecular formula is C10H12N2O4. The van der Waals surface area contributed by atoms with Gasteiger partial charge in [-0.2, -0.15) is 0 Å². The zero-order chi connectivity index (χ0) is 12.1. The Balaban J connectivity index is 2.65. The van der Waals surface area contributed by atoms with Crippen LogP contribution in [0.25, 0.3) is 0 Å². The summed E-state index contributed by atoms with van der Waals surface area (Å²) in [6.45, 7) is 1.21. The molecule has 0 unspecified atom stereocenters. The van der Waals surface area contributed by atoms with E-state index >= 15 is 0 Å². The molecule has 0 spiro atoms. The summed E-state index contributed by atoms with van der Waals surface area (Å²) in [7, 11) is 0. The lowest BCUT2D eigenvalue weighted by Gasteiger charge is -2.07. The zero-order valence-electron chi connectivity index (χ0n) is 8.69. The van der Waals surface area contributed by atoms with Crippen molar-refractivity contribution in [1.82, 2.24) is 5.48 Å². The first-order valence-electron chi connectivity index (χ1n) is 4.50. The van der Waals surface area contributed by atoms with Crippen LogP contribution in [0.15, 0.2) is 18.2 Å². The van der Waals surface area contributed by atoms with Crippen LogP contribution in [-0.4, -0.2) is 23.6 Å². The van der Waals surface area contributed by atoms with Crippen molar-refractivity contribution in [2.75, 3.05) is 12.3 Å². The number of amides is 1. The monoisotopic (exact) mass is 224 g/mol. The number of aryl methyl sites for hydroxylation is 1. The van der Waals surface area contributed by atoms with Gasteiger partial charge in [-0.15, -0.1) is 0 Å². The van der Waals surface area contributed by atoms with E-state index in [1.165, 1.54) is 0 Å². The summed E-state index contributed by atoms with van der Waals surface area (Å²) in [5.41, 5.74) is 9.02. The fourth-order valence-corrected chi connectivity index (χ4v) is 1.09. The van der Waals surface area contributed by atoms with Crippen LogP contribution in [0.3, 0.4) is 0 Å². The molecule has 0 heterocycles. The van der Waals surface area contributed by atoms with Gasteiger partial charge < -0.3 is 10.8 Å². The van der Waals surface area contributed by atoms with E-state index in [1.807, 2.05) is 12.4 Å². The first-order chi connectivity index (χ1) is 7.50. The number of carboxylic acids is 1. The Labute approximate surface area is 92.0 Å². The van der Waals surface area contributed by atoms with Gasteiger partial charge in [0, 0.05) is 5.69 Å². The average Bonchev–Trinajstić information content (AvgIpc) is 2.21. The third-order valence-corrected chi connectivity index (χ3v) is 1.81. The second-order valence-corrected chi connectivity index (χ2v) is 3.20. The summed E-state index contributed by atoms with van der Waals surface area (Å²) in [6, 6.07) is 4.96. The Hall–Kier alpha value is -2.08. The number of carbonyl (C=O) groups is 2. The van der Waals surface area contributed by atoms with Gasteiger partial charge in [0.25, 0.3) is 5.91 Å². The Morgan fingerprint density at radius 2 is 2.19 bits per heavy atom. The summed E-state index contributed by atoms with van der Waals surface area (Å²) in [5, 5.41) is 8.29. The molecular weight excluding hydrogens is 212 g/mol. The first kappa shape index (κ1) is 12.0. The third kappa shape index (κ3) is 3.25. The van der Waals surface area contributed by atoms with Crippen molar-refractivity contribution in [3.05, 3.63) is 29.3 Å². The van der Waals surface area contributed by atoms with Crippen LogP contribution in [-0.2, 0) is 9.63 Å². The van der Waals surface area contributed by atoms with Gasteiger partial charge in [0.05, 0.1) is 5.56 Å². The number of rotatable bonds is 4. The van der Waals surface area contributed by atoms with Gasteiger partial charge in [-0.05, 0) is 19.1 Å². The van der Waals surface area contributed by atoms with Gasteiger partial charge in [-0.1, -0.05) is 11.6 Å². The van der Waals surface area contributed by atoms with E-state index in [-0.39, 0.29) is 5.56 Å². The number of hydroxylamine groups is 1. The SMILES string of the molecule is Cc1ccc(N)c(C(=O)NOCC(=O)O)c1. The van der Waals surface area contributed by atoms with Crippen LogP contribution < -0.4 is 11.2 Å². The first-order valence-corrected chi connectivity index (χ1v) is 4.50. The number of hydrogen-bond donors (Lipinski definition) is 3. The molecule has 0 aliphatic heterocycles. The summed E-state index contributed by atoms with van der Waals surface area (Å²) in [4.78, 5) is 26.1. The van der Waals surface area contributed by atoms with Gasteiger partial charge in [0.1, 0.15) is 0 Å². The summed E-state index contributed by atoms with van der Waals surface area (Å²) < 4.78 is 0. The fourth-order valence-electron chi connectivity index (χ4n) is 1.09. The highest BCUT2D eigenvalue weighted by molar-refractivity contribution is 5.98. The molecule has 0 bridgehead atoms. The molecule has 0 aliphatic rings. The number of hydrogen-bond acceptors (Lipinski definition) is 4. The molecule has 1 aromatic rings. The van der Waals surface area contributed by atoms with Crippen LogP contribution in [0.2, 0.25) is 0 Å². The van der Waals surface area contributed by atoms with Crippen molar-refractivity contribution in [2.24, 2.45) is 0 Å². The number of nitrogen functional groups attached to an aromatic ring is 1. The second kappa shape index (κ2) is 5.13. The van der Waals surface area contributed by atoms with Gasteiger partial charge in [0.15, 0.2) is 6.61 Å². The highest BCUT2D eigenvalue weighted by Gasteiger charge is 2.10. The Morgan fingerprint density at radius 3 is 2.81 bits per heavy atom. The maximum Gasteiger partial charge on any atom is 0.332 e. The van der Waals surface area contributed by atoms with Crippen LogP contribution in [0.5, 0.6) is 0 Å². The normalized spacial score (nSPS) is 9.81. The predicted octanol–water partition coefficient (Wildman–Crippen LogP) is 0.323. The minimum Gasteiger partial charge on any atom is -0.479 e. The van der Waals surface area contributed by atoms with Crippen molar-refractivity contribution in [1.29, 1.82) is 0 Å². The van der Waals surface area contributed by atoms with Crippen molar-refractivity contribution >= 4 is 17.6 Å². The van der Waals surface area contributed by atoms with Crippen LogP contribution in [0.4, 0.5) is 5.69 Å². The van der Waals surface area contributed by atoms with E-state index in [0.717, 1.165) is 5.56 Å². The van der Waals surface area contributed by atoms with Crippen molar-refractivity contribution in [3.8, 4) is 0 Å². The maximum atomic E-state index is 11.5. The molecule has 0 fully saturated rings. The van der Waals surface area contributed by atoms with Crippen molar-refractivity contribution in [3.63, 3.8) is 0 Å². The highest BCUT2D eigenvalue weighted by atomic mass is 16.7. The van der Waals surface area contributed by atoms with Crippen molar-refractivity contribution < 1.29 is 19.5 Å². The molecule has 4 N–H and O–H groups in total. The van der Waals surface area contributed by atoms with E-state index in [9.17, 15) is 9.59 Å². The Morgan fingerprint density at radius 1 is 1.50 bits per heavy atom. The molecule has 6 nitrogen and oxygen atoms in total. The number of carbonyl (C=O) groups excluding carboxylic acids is 1. The van der Waals surface area contributed by atoms with Crippen LogP contribution >= 0.6 is 0 Å². The summed E-state index contributed by atoms with van der Waals surface area (Å²) >= 11 is 0. The van der Waals surface area contributed by atoms with Gasteiger partial charge >= 0.3 is 5.97 Å². The Kier molecular flexibility index (Phi) is 3.84. The number of carboxylic acid groups (broad SMARTS) is 1. The van der Waals surface area contributed by atoms with E-state index < -0.39 is 18.5 Å². The second-order valence-electron chi connectivity index (χ2n) is 3.20. The molecule has 1 amide bonds. The van der Waals surface area contributed by atoms with E-state index in [4.69, 9.17) is 10.8 Å². The third-order valence-electron chi connectivity index (χ3n) is 1.81. The highest BCUT2D eigenvalue weighted by Crippen LogP contribution is 2.13. The fraction of sp³-hybridized carbons (Fsp3) is 0.200. The van der Waals surface area contributed by atoms with Crippen LogP contribution in [0.1, 0.15) is 15.9 Å². The lowest BCUT2D eigenvalue weighted by atomic mass is 10.1. The van der Waals surface area contributed by atoms with Crippen molar-refractivity contribution in [2.45, 2.75) is 6.92 Å². The van der Waals surface area contributed by atoms with E-state index in [2.05, 4.69) is 4.84 Å². The molecule has 0 saturated heterocycles. The summed E-state index contributed by atoms with van der Waals surface area (Å²) in [5.74, 6) is -1.74. The average molecular weight is 224 g/mol. The molecule has 0 aromatic heterocycles. The number of nitrogens with two attached hydrogens (primary N) is 1. The predicted molar refractivity (Wildman–Crippen MR) is 56.6 cm³/mol. The standard InChI is InChI=1S/C10H12N2O4/c1-6-2-3-8(11)7(4-6)10(15)12-16-5-9(13)14/h2-4H,5,11H2,1H3,(H,12,15)(H,13,14). The minimum atomic E-state index is -1.17. The Bertz CT molecular complexity index is 417. The lowest BCUT2D eigenvalue weighted by Crippen LogP contribution is -2.27. The molecule has 0 radical (unpaired) electrons. The van der Waals surface area contributed by atoms with Gasteiger partial charge in [0.2, 0.25) is 0 Å². The van der Waals surface area contributed by atoms with Gasteiger partial charge in [-0.25, -0.2) is 10.3 Å². The number of benzene rings is 1. The summed E-state index contributed by atoms with van der Waals surface area (Å²) in [6.07, 6.45) is 0. The molecule has 1 aromatic carbocycles. The zero-order valence-corrected chi connectivity index (χ0v) is 8.69. The number of anilines is 1. The van der Waals surface area contributed by atoms with E-state index in [0.29, 0.717) is 5.69 Å². The topological polar surface area (TPSA) is 102 Å².